The maximum Gasteiger partial charge on any atom is 0.293 e. The number of furan rings is 1. The molecule has 1 fully saturated rings. The van der Waals surface area contributed by atoms with E-state index in [4.69, 9.17) is 9.15 Å². The Morgan fingerprint density at radius 3 is 2.69 bits per heavy atom. The van der Waals surface area contributed by atoms with E-state index in [2.05, 4.69) is 0 Å². The molecule has 0 radical (unpaired) electrons. The van der Waals surface area contributed by atoms with Crippen LogP contribution in [0.15, 0.2) is 39.7 Å². The smallest absolute Gasteiger partial charge is 0.293 e. The van der Waals surface area contributed by atoms with Crippen LogP contribution in [0.1, 0.15) is 12.7 Å². The highest BCUT2D eigenvalue weighted by atomic mass is 32.2. The van der Waals surface area contributed by atoms with Crippen LogP contribution in [-0.2, 0) is 4.79 Å². The first kappa shape index (κ1) is 17.7. The second-order valence-corrected chi connectivity index (χ2v) is 6.26. The number of ether oxygens (including phenoxy) is 1. The Morgan fingerprint density at radius 2 is 2.08 bits per heavy atom. The zero-order chi connectivity index (χ0) is 18.8. The third-order valence-corrected chi connectivity index (χ3v) is 4.66. The lowest BCUT2D eigenvalue weighted by molar-refractivity contribution is -0.384. The van der Waals surface area contributed by atoms with E-state index >= 15 is 0 Å². The van der Waals surface area contributed by atoms with Crippen LogP contribution < -0.4 is 4.74 Å². The number of carbonyl (C=O) groups is 2. The molecule has 2 aromatic rings. The Kier molecular flexibility index (Phi) is 4.81. The minimum absolute atomic E-state index is 0.156. The molecule has 8 nitrogen and oxygen atoms in total. The Hall–Kier alpha value is -3.07. The first-order valence-corrected chi connectivity index (χ1v) is 8.44. The van der Waals surface area contributed by atoms with Gasteiger partial charge in [-0.2, -0.15) is 0 Å². The zero-order valence-electron chi connectivity index (χ0n) is 13.9. The number of amides is 2. The Labute approximate surface area is 152 Å². The second kappa shape index (κ2) is 7.04. The maximum absolute atomic E-state index is 12.1. The zero-order valence-corrected chi connectivity index (χ0v) is 14.7. The highest BCUT2D eigenvalue weighted by molar-refractivity contribution is 8.18. The molecule has 1 saturated heterocycles. The van der Waals surface area contributed by atoms with E-state index in [0.29, 0.717) is 18.1 Å². The molecule has 1 aromatic heterocycles. The van der Waals surface area contributed by atoms with Crippen molar-refractivity contribution < 1.29 is 23.7 Å². The number of nitro benzene ring substituents is 1. The van der Waals surface area contributed by atoms with Crippen molar-refractivity contribution >= 4 is 34.7 Å². The third-order valence-electron chi connectivity index (χ3n) is 3.76. The molecule has 26 heavy (non-hydrogen) atoms. The Balaban J connectivity index is 1.94. The topological polar surface area (TPSA) is 103 Å². The number of carbonyl (C=O) groups excluding carboxylic acids is 2. The summed E-state index contributed by atoms with van der Waals surface area (Å²) in [4.78, 5) is 36.0. The van der Waals surface area contributed by atoms with Crippen molar-refractivity contribution in [2.75, 3.05) is 13.7 Å². The summed E-state index contributed by atoms with van der Waals surface area (Å²) in [6.07, 6.45) is 1.46. The molecule has 1 aliphatic rings. The summed E-state index contributed by atoms with van der Waals surface area (Å²) in [5, 5.41) is 11.0. The average Bonchev–Trinajstić information content (AvgIpc) is 3.19. The fraction of sp³-hybridized carbons (Fsp3) is 0.176. The minimum Gasteiger partial charge on any atom is -0.497 e. The van der Waals surface area contributed by atoms with Crippen molar-refractivity contribution in [3.8, 4) is 17.1 Å². The van der Waals surface area contributed by atoms with Crippen LogP contribution >= 0.6 is 11.8 Å². The van der Waals surface area contributed by atoms with Crippen molar-refractivity contribution in [1.82, 2.24) is 4.90 Å². The van der Waals surface area contributed by atoms with Gasteiger partial charge in [-0.3, -0.25) is 24.6 Å². The van der Waals surface area contributed by atoms with Crippen molar-refractivity contribution in [3.05, 3.63) is 51.1 Å². The summed E-state index contributed by atoms with van der Waals surface area (Å²) in [6, 6.07) is 7.60. The molecule has 0 N–H and O–H groups in total. The average molecular weight is 374 g/mol. The number of benzene rings is 1. The molecule has 1 aliphatic heterocycles. The van der Waals surface area contributed by atoms with Gasteiger partial charge in [-0.05, 0) is 43.0 Å². The number of thioether (sulfide) groups is 1. The van der Waals surface area contributed by atoms with Crippen molar-refractivity contribution in [1.29, 1.82) is 0 Å². The summed E-state index contributed by atoms with van der Waals surface area (Å²) in [7, 11) is 1.42. The van der Waals surface area contributed by atoms with Gasteiger partial charge in [0.1, 0.15) is 17.3 Å². The molecule has 0 atom stereocenters. The van der Waals surface area contributed by atoms with Gasteiger partial charge in [0.25, 0.3) is 16.8 Å². The number of imide groups is 1. The van der Waals surface area contributed by atoms with Crippen molar-refractivity contribution in [2.24, 2.45) is 0 Å². The molecule has 9 heteroatoms. The van der Waals surface area contributed by atoms with Gasteiger partial charge in [-0.25, -0.2) is 0 Å². The number of rotatable bonds is 5. The van der Waals surface area contributed by atoms with Crippen molar-refractivity contribution in [2.45, 2.75) is 6.92 Å². The lowest BCUT2D eigenvalue weighted by Gasteiger charge is -2.06. The van der Waals surface area contributed by atoms with Crippen LogP contribution in [0.3, 0.4) is 0 Å². The van der Waals surface area contributed by atoms with Crippen LogP contribution in [-0.4, -0.2) is 34.6 Å². The maximum atomic E-state index is 12.1. The van der Waals surface area contributed by atoms with E-state index < -0.39 is 4.92 Å². The number of nitro groups is 1. The van der Waals surface area contributed by atoms with Crippen LogP contribution in [0.5, 0.6) is 5.75 Å². The predicted octanol–water partition coefficient (Wildman–Crippen LogP) is 3.92. The highest BCUT2D eigenvalue weighted by Gasteiger charge is 2.34. The van der Waals surface area contributed by atoms with Gasteiger partial charge >= 0.3 is 0 Å². The second-order valence-electron chi connectivity index (χ2n) is 5.27. The van der Waals surface area contributed by atoms with E-state index in [1.54, 1.807) is 25.1 Å². The SMILES string of the molecule is CCN1C(=O)S/C(=C/c2ccc(-c3ccc(OC)cc3[N+](=O)[O-])o2)C1=O. The number of likely N-dealkylation sites (N-methyl/N-ethyl adjacent to an activating group) is 1. The van der Waals surface area contributed by atoms with E-state index in [9.17, 15) is 19.7 Å². The first-order valence-electron chi connectivity index (χ1n) is 7.62. The summed E-state index contributed by atoms with van der Waals surface area (Å²) >= 11 is 0.833. The van der Waals surface area contributed by atoms with Crippen molar-refractivity contribution in [3.63, 3.8) is 0 Å². The summed E-state index contributed by atoms with van der Waals surface area (Å²) in [5.74, 6) is 0.586. The summed E-state index contributed by atoms with van der Waals surface area (Å²) in [6.45, 7) is 2.01. The normalized spacial score (nSPS) is 15.8. The molecule has 0 saturated carbocycles. The highest BCUT2D eigenvalue weighted by Crippen LogP contribution is 2.36. The first-order chi connectivity index (χ1) is 12.4. The molecule has 2 heterocycles. The molecule has 2 amide bonds. The van der Waals surface area contributed by atoms with Gasteiger partial charge in [-0.15, -0.1) is 0 Å². The van der Waals surface area contributed by atoms with Crippen LogP contribution in [0, 0.1) is 10.1 Å². The molecule has 0 bridgehead atoms. The molecule has 134 valence electrons. The van der Waals surface area contributed by atoms with Gasteiger partial charge in [0.05, 0.1) is 28.6 Å². The molecule has 0 spiro atoms. The molecule has 1 aromatic carbocycles. The predicted molar refractivity (Wildman–Crippen MR) is 95.7 cm³/mol. The van der Waals surface area contributed by atoms with E-state index in [-0.39, 0.29) is 33.1 Å². The van der Waals surface area contributed by atoms with Gasteiger partial charge in [0.2, 0.25) is 0 Å². The lowest BCUT2D eigenvalue weighted by atomic mass is 10.1. The fourth-order valence-electron chi connectivity index (χ4n) is 2.47. The van der Waals surface area contributed by atoms with E-state index in [1.165, 1.54) is 25.3 Å². The summed E-state index contributed by atoms with van der Waals surface area (Å²) < 4.78 is 10.6. The monoisotopic (exact) mass is 374 g/mol. The standard InChI is InChI=1S/C17H14N2O6S/c1-3-18-16(20)15(26-17(18)21)9-11-5-7-14(25-11)12-6-4-10(24-2)8-13(12)19(22)23/h4-9H,3H2,1-2H3/b15-9+. The number of methoxy groups -OCH3 is 1. The molecule has 0 unspecified atom stereocenters. The molecular formula is C17H14N2O6S. The molecule has 0 aliphatic carbocycles. The van der Waals surface area contributed by atoms with Gasteiger partial charge in [-0.1, -0.05) is 0 Å². The van der Waals surface area contributed by atoms with E-state index in [1.807, 2.05) is 0 Å². The van der Waals surface area contributed by atoms with Gasteiger partial charge in [0, 0.05) is 12.6 Å². The minimum atomic E-state index is -0.521. The fourth-order valence-corrected chi connectivity index (χ4v) is 3.36. The van der Waals surface area contributed by atoms with Gasteiger partial charge in [0.15, 0.2) is 0 Å². The molecular weight excluding hydrogens is 360 g/mol. The Morgan fingerprint density at radius 1 is 1.31 bits per heavy atom. The van der Waals surface area contributed by atoms with Crippen LogP contribution in [0.4, 0.5) is 10.5 Å². The quantitative estimate of drug-likeness (QED) is 0.444. The van der Waals surface area contributed by atoms with Crippen LogP contribution in [0.2, 0.25) is 0 Å². The third kappa shape index (κ3) is 3.21. The van der Waals surface area contributed by atoms with Gasteiger partial charge < -0.3 is 9.15 Å². The lowest BCUT2D eigenvalue weighted by Crippen LogP contribution is -2.27. The Bertz CT molecular complexity index is 933. The largest absolute Gasteiger partial charge is 0.497 e. The molecule has 3 rings (SSSR count). The summed E-state index contributed by atoms with van der Waals surface area (Å²) in [5.41, 5.74) is 0.133. The number of hydrogen-bond acceptors (Lipinski definition) is 7. The number of nitrogens with zero attached hydrogens (tertiary/aromatic N) is 2. The van der Waals surface area contributed by atoms with E-state index in [0.717, 1.165) is 16.7 Å². The number of hydrogen-bond donors (Lipinski definition) is 0. The van der Waals surface area contributed by atoms with Crippen LogP contribution in [0.25, 0.3) is 17.4 Å².